The molecule has 0 N–H and O–H groups in total. The molecule has 1 aliphatic carbocycles. The lowest BCUT2D eigenvalue weighted by Gasteiger charge is -2.37. The first-order valence-electron chi connectivity index (χ1n) is 9.60. The standard InChI is InChI=1S/C24H25N2O2P/c1-16-8-6-7-9-19(16)24-20-12-10-17(25(2)3)14-22(20)29(27,28)23-15-18(26(4)5)11-13-21(23)24/h6-15H,1-5H3. The molecule has 2 aliphatic rings. The number of aryl methyl sites for hydroxylation is 1. The van der Waals surface area contributed by atoms with Crippen molar-refractivity contribution < 1.29 is 14.0 Å². The van der Waals surface area contributed by atoms with Gasteiger partial charge in [0.25, 0.3) is 0 Å². The van der Waals surface area contributed by atoms with Gasteiger partial charge < -0.3 is 14.4 Å². The first-order chi connectivity index (χ1) is 13.7. The molecule has 1 aliphatic heterocycles. The summed E-state index contributed by atoms with van der Waals surface area (Å²) in [5.74, 6) is 0. The lowest BCUT2D eigenvalue weighted by atomic mass is 9.88. The maximum absolute atomic E-state index is 13.7. The van der Waals surface area contributed by atoms with Crippen molar-refractivity contribution in [1.82, 2.24) is 0 Å². The van der Waals surface area contributed by atoms with Crippen molar-refractivity contribution in [3.8, 4) is 0 Å². The van der Waals surface area contributed by atoms with E-state index in [0.29, 0.717) is 10.6 Å². The molecule has 4 nitrogen and oxygen atoms in total. The summed E-state index contributed by atoms with van der Waals surface area (Å²) in [7, 11) is 3.69. The molecule has 0 saturated heterocycles. The van der Waals surface area contributed by atoms with E-state index < -0.39 is 7.37 Å². The fraction of sp³-hybridized carbons (Fsp3) is 0.208. The molecule has 148 valence electrons. The summed E-state index contributed by atoms with van der Waals surface area (Å²) in [6.07, 6.45) is 5.72. The van der Waals surface area contributed by atoms with Gasteiger partial charge >= 0.3 is 0 Å². The monoisotopic (exact) mass is 404 g/mol. The maximum Gasteiger partial charge on any atom is 0.200 e. The molecule has 0 fully saturated rings. The number of rotatable bonds is 2. The van der Waals surface area contributed by atoms with Crippen LogP contribution in [0.5, 0.6) is 0 Å². The van der Waals surface area contributed by atoms with Crippen LogP contribution >= 0.6 is 7.37 Å². The zero-order valence-electron chi connectivity index (χ0n) is 17.4. The van der Waals surface area contributed by atoms with Crippen molar-refractivity contribution in [2.75, 3.05) is 33.1 Å². The molecule has 0 bridgehead atoms. The van der Waals surface area contributed by atoms with E-state index >= 15 is 0 Å². The second-order valence-corrected chi connectivity index (χ2v) is 10.00. The number of hydrogen-bond acceptors (Lipinski definition) is 3. The van der Waals surface area contributed by atoms with Crippen LogP contribution in [0.1, 0.15) is 16.7 Å². The molecule has 0 saturated carbocycles. The van der Waals surface area contributed by atoms with E-state index in [2.05, 4.69) is 19.1 Å². The van der Waals surface area contributed by atoms with Crippen molar-refractivity contribution in [1.29, 1.82) is 0 Å². The zero-order chi connectivity index (χ0) is 20.9. The van der Waals surface area contributed by atoms with Crippen LogP contribution in [0.4, 0.5) is 5.69 Å². The van der Waals surface area contributed by atoms with Crippen molar-refractivity contribution in [3.63, 3.8) is 0 Å². The van der Waals surface area contributed by atoms with Crippen molar-refractivity contribution in [2.24, 2.45) is 0 Å². The second-order valence-electron chi connectivity index (χ2n) is 7.93. The maximum atomic E-state index is 13.7. The fourth-order valence-electron chi connectivity index (χ4n) is 3.92. The first kappa shape index (κ1) is 19.6. The molecular weight excluding hydrogens is 379 g/mol. The summed E-state index contributed by atoms with van der Waals surface area (Å²) < 4.78 is 15.6. The molecule has 2 aromatic carbocycles. The van der Waals surface area contributed by atoms with Crippen molar-refractivity contribution in [3.05, 3.63) is 88.3 Å². The normalized spacial score (nSPS) is 20.2. The summed E-state index contributed by atoms with van der Waals surface area (Å²) in [6.45, 7) is 2.06. The third kappa shape index (κ3) is 3.13. The number of benzene rings is 2. The Morgan fingerprint density at radius 1 is 1.00 bits per heavy atom. The van der Waals surface area contributed by atoms with E-state index in [9.17, 15) is 9.46 Å². The number of fused-ring (bicyclic) bond motifs is 2. The van der Waals surface area contributed by atoms with E-state index in [1.807, 2.05) is 74.1 Å². The highest BCUT2D eigenvalue weighted by Gasteiger charge is 2.34. The lowest BCUT2D eigenvalue weighted by Crippen LogP contribution is -2.28. The van der Waals surface area contributed by atoms with Gasteiger partial charge in [0.2, 0.25) is 0 Å². The van der Waals surface area contributed by atoms with Crippen LogP contribution in [0.25, 0.3) is 5.57 Å². The molecule has 5 heteroatoms. The Labute approximate surface area is 172 Å². The van der Waals surface area contributed by atoms with Crippen LogP contribution in [-0.2, 0) is 4.57 Å². The summed E-state index contributed by atoms with van der Waals surface area (Å²) >= 11 is 0. The van der Waals surface area contributed by atoms with Crippen LogP contribution in [0, 0.1) is 6.92 Å². The Morgan fingerprint density at radius 3 is 2.38 bits per heavy atom. The minimum absolute atomic E-state index is 0.394. The Hall–Kier alpha value is -2.68. The Morgan fingerprint density at radius 2 is 1.72 bits per heavy atom. The fourth-order valence-corrected chi connectivity index (χ4v) is 5.80. The zero-order valence-corrected chi connectivity index (χ0v) is 18.3. The smallest absolute Gasteiger partial charge is 0.200 e. The van der Waals surface area contributed by atoms with Crippen molar-refractivity contribution in [2.45, 2.75) is 6.92 Å². The van der Waals surface area contributed by atoms with E-state index in [1.54, 1.807) is 12.1 Å². The van der Waals surface area contributed by atoms with Gasteiger partial charge in [0.05, 0.1) is 7.37 Å². The van der Waals surface area contributed by atoms with Gasteiger partial charge in [-0.25, -0.2) is 4.58 Å². The SMILES string of the molecule is Cc1ccccc1C1=C2C=CC(=[N+](C)C)C=C2P(=O)([O-])c2cc(N(C)C)ccc21. The van der Waals surface area contributed by atoms with Gasteiger partial charge in [-0.2, -0.15) is 0 Å². The molecule has 0 spiro atoms. The first-order valence-corrected chi connectivity index (χ1v) is 11.2. The van der Waals surface area contributed by atoms with Gasteiger partial charge in [-0.05, 0) is 53.0 Å². The lowest BCUT2D eigenvalue weighted by molar-refractivity contribution is -0.462. The molecular formula is C24H25N2O2P. The predicted molar refractivity (Wildman–Crippen MR) is 120 cm³/mol. The van der Waals surface area contributed by atoms with Gasteiger partial charge in [-0.15, -0.1) is 0 Å². The number of nitrogens with zero attached hydrogens (tertiary/aromatic N) is 2. The van der Waals surface area contributed by atoms with Gasteiger partial charge in [0, 0.05) is 42.6 Å². The van der Waals surface area contributed by atoms with Gasteiger partial charge in [-0.1, -0.05) is 30.3 Å². The van der Waals surface area contributed by atoms with Crippen LogP contribution < -0.4 is 15.1 Å². The predicted octanol–water partition coefficient (Wildman–Crippen LogP) is 3.31. The van der Waals surface area contributed by atoms with E-state index in [0.717, 1.165) is 39.2 Å². The molecule has 29 heavy (non-hydrogen) atoms. The molecule has 2 aromatic rings. The average Bonchev–Trinajstić information content (AvgIpc) is 2.69. The topological polar surface area (TPSA) is 46.4 Å². The minimum Gasteiger partial charge on any atom is -0.793 e. The summed E-state index contributed by atoms with van der Waals surface area (Å²) in [4.78, 5) is 15.6. The largest absolute Gasteiger partial charge is 0.793 e. The Balaban J connectivity index is 2.13. The number of anilines is 1. The number of allylic oxidation sites excluding steroid dienone is 5. The molecule has 4 rings (SSSR count). The van der Waals surface area contributed by atoms with Gasteiger partial charge in [-0.3, -0.25) is 0 Å². The van der Waals surface area contributed by atoms with Crippen molar-refractivity contribution >= 4 is 29.6 Å². The molecule has 0 radical (unpaired) electrons. The Bertz CT molecular complexity index is 1200. The van der Waals surface area contributed by atoms with Gasteiger partial charge in [0.15, 0.2) is 5.71 Å². The average molecular weight is 404 g/mol. The molecule has 1 heterocycles. The second kappa shape index (κ2) is 6.98. The Kier molecular flexibility index (Phi) is 4.72. The highest BCUT2D eigenvalue weighted by atomic mass is 31.2. The van der Waals surface area contributed by atoms with E-state index in [1.165, 1.54) is 0 Å². The highest BCUT2D eigenvalue weighted by Crippen LogP contribution is 2.57. The van der Waals surface area contributed by atoms with E-state index in [-0.39, 0.29) is 0 Å². The molecule has 1 unspecified atom stereocenters. The van der Waals surface area contributed by atoms with E-state index in [4.69, 9.17) is 0 Å². The van der Waals surface area contributed by atoms with Crippen LogP contribution in [0.3, 0.4) is 0 Å². The third-order valence-corrected chi connectivity index (χ3v) is 7.59. The highest BCUT2D eigenvalue weighted by molar-refractivity contribution is 7.69. The van der Waals surface area contributed by atoms with Crippen LogP contribution in [-0.4, -0.2) is 38.5 Å². The van der Waals surface area contributed by atoms with Crippen LogP contribution in [0.2, 0.25) is 0 Å². The molecule has 0 aromatic heterocycles. The quantitative estimate of drug-likeness (QED) is 0.570. The summed E-state index contributed by atoms with van der Waals surface area (Å²) in [5, 5.41) is 0.788. The minimum atomic E-state index is -4.00. The summed E-state index contributed by atoms with van der Waals surface area (Å²) in [5.41, 5.74) is 6.44. The van der Waals surface area contributed by atoms with Crippen LogP contribution in [0.15, 0.2) is 71.6 Å². The third-order valence-electron chi connectivity index (χ3n) is 5.58. The molecule has 1 atom stereocenters. The summed E-state index contributed by atoms with van der Waals surface area (Å²) in [6, 6.07) is 13.9. The molecule has 0 amide bonds. The van der Waals surface area contributed by atoms with Gasteiger partial charge in [0.1, 0.15) is 14.1 Å². The number of hydrogen-bond donors (Lipinski definition) is 0.